The second kappa shape index (κ2) is 15.7. The van der Waals surface area contributed by atoms with Crippen molar-refractivity contribution < 1.29 is 63.7 Å². The fraction of sp³-hybridized carbons (Fsp3) is 0.526. The molecule has 5 rings (SSSR count). The fourth-order valence-corrected chi connectivity index (χ4v) is 7.14. The molecule has 5 bridgehead atoms. The Balaban J connectivity index is 1.88. The van der Waals surface area contributed by atoms with E-state index in [0.717, 1.165) is 6.26 Å². The van der Waals surface area contributed by atoms with Crippen LogP contribution in [0.5, 0.6) is 11.5 Å². The van der Waals surface area contributed by atoms with Gasteiger partial charge in [0.1, 0.15) is 29.8 Å². The van der Waals surface area contributed by atoms with Gasteiger partial charge in [-0.05, 0) is 19.9 Å². The van der Waals surface area contributed by atoms with Crippen molar-refractivity contribution in [2.75, 3.05) is 7.11 Å². The van der Waals surface area contributed by atoms with E-state index in [1.165, 1.54) is 53.0 Å². The molecule has 1 aromatic carbocycles. The van der Waals surface area contributed by atoms with Crippen molar-refractivity contribution in [1.29, 1.82) is 0 Å². The number of Topliss-reactive ketones (excluding diaryl/α,β-unsaturated/α-hetero) is 1. The van der Waals surface area contributed by atoms with Gasteiger partial charge in [-0.3, -0.25) is 19.2 Å². The molecular weight excluding hydrogens is 678 g/mol. The number of ether oxygens (including phenoxy) is 4. The molecule has 0 spiro atoms. The first kappa shape index (κ1) is 40.4. The summed E-state index contributed by atoms with van der Waals surface area (Å²) in [6.45, 7) is 12.3. The Labute approximate surface area is 302 Å². The predicted molar refractivity (Wildman–Crippen MR) is 186 cm³/mol. The molecule has 6 N–H and O–H groups in total. The van der Waals surface area contributed by atoms with Crippen molar-refractivity contribution in [3.8, 4) is 11.5 Å². The highest BCUT2D eigenvalue weighted by atomic mass is 16.7. The number of fused-ring (bicyclic) bond motifs is 14. The number of aliphatic hydroxyl groups excluding tert-OH is 4. The van der Waals surface area contributed by atoms with Gasteiger partial charge in [-0.15, -0.1) is 0 Å². The largest absolute Gasteiger partial charge is 0.507 e. The maximum absolute atomic E-state index is 14.1. The Morgan fingerprint density at radius 1 is 0.962 bits per heavy atom. The van der Waals surface area contributed by atoms with Gasteiger partial charge in [0.15, 0.2) is 6.29 Å². The molecule has 1 aliphatic carbocycles. The average Bonchev–Trinajstić information content (AvgIpc) is 3.36. The van der Waals surface area contributed by atoms with Crippen molar-refractivity contribution >= 4 is 23.9 Å². The van der Waals surface area contributed by atoms with E-state index in [4.69, 9.17) is 18.9 Å². The third-order valence-corrected chi connectivity index (χ3v) is 10.4. The molecule has 0 saturated heterocycles. The van der Waals surface area contributed by atoms with Crippen LogP contribution in [0, 0.1) is 30.6 Å². The maximum Gasteiger partial charge on any atom is 0.312 e. The summed E-state index contributed by atoms with van der Waals surface area (Å²) in [4.78, 5) is 51.9. The number of hydrogen-bond acceptors (Lipinski definition) is 13. The summed E-state index contributed by atoms with van der Waals surface area (Å²) in [5, 5.41) is 59.3. The van der Waals surface area contributed by atoms with Crippen LogP contribution in [-0.4, -0.2) is 86.8 Å². The van der Waals surface area contributed by atoms with Crippen LogP contribution in [0.1, 0.15) is 87.7 Å². The zero-order chi connectivity index (χ0) is 39.0. The van der Waals surface area contributed by atoms with Crippen molar-refractivity contribution in [3.63, 3.8) is 0 Å². The van der Waals surface area contributed by atoms with E-state index < -0.39 is 95.1 Å². The Morgan fingerprint density at radius 3 is 2.21 bits per heavy atom. The zero-order valence-corrected chi connectivity index (χ0v) is 30.7. The van der Waals surface area contributed by atoms with Gasteiger partial charge in [-0.1, -0.05) is 45.9 Å². The molecule has 14 nitrogen and oxygen atoms in total. The Kier molecular flexibility index (Phi) is 12.2. The van der Waals surface area contributed by atoms with Gasteiger partial charge in [-0.25, -0.2) is 0 Å². The highest BCUT2D eigenvalue weighted by Crippen LogP contribution is 2.53. The number of aliphatic hydroxyl groups is 4. The third kappa shape index (κ3) is 7.30. The number of ketones is 1. The number of amides is 1. The van der Waals surface area contributed by atoms with Crippen LogP contribution in [0.4, 0.5) is 0 Å². The van der Waals surface area contributed by atoms with E-state index in [2.05, 4.69) is 5.32 Å². The number of esters is 1. The molecule has 3 aliphatic heterocycles. The number of phenols is 1. The quantitative estimate of drug-likeness (QED) is 0.195. The van der Waals surface area contributed by atoms with Gasteiger partial charge in [0.05, 0.1) is 35.8 Å². The van der Waals surface area contributed by atoms with E-state index in [0.29, 0.717) is 0 Å². The number of benzene rings is 1. The number of aromatic hydroxyl groups is 1. The summed E-state index contributed by atoms with van der Waals surface area (Å²) in [6, 6.07) is 0. The minimum absolute atomic E-state index is 0.0299. The highest BCUT2D eigenvalue weighted by Gasteiger charge is 2.52. The maximum atomic E-state index is 14.1. The molecule has 0 radical (unpaired) electrons. The van der Waals surface area contributed by atoms with Gasteiger partial charge >= 0.3 is 11.8 Å². The molecule has 0 aromatic heterocycles. The van der Waals surface area contributed by atoms with Crippen LogP contribution in [0.3, 0.4) is 0 Å². The molecule has 0 saturated carbocycles. The number of carbonyl (C=O) groups is 4. The number of nitrogens with one attached hydrogen (secondary N) is 1. The van der Waals surface area contributed by atoms with Crippen molar-refractivity contribution in [3.05, 3.63) is 69.7 Å². The monoisotopic (exact) mass is 727 g/mol. The molecule has 14 heteroatoms. The van der Waals surface area contributed by atoms with Crippen LogP contribution in [0.2, 0.25) is 0 Å². The molecule has 11 unspecified atom stereocenters. The zero-order valence-electron chi connectivity index (χ0n) is 30.7. The number of rotatable bonds is 3. The molecule has 3 heterocycles. The minimum Gasteiger partial charge on any atom is -0.507 e. The summed E-state index contributed by atoms with van der Waals surface area (Å²) < 4.78 is 23.2. The second-order valence-electron chi connectivity index (χ2n) is 14.0. The van der Waals surface area contributed by atoms with Crippen LogP contribution in [-0.2, 0) is 28.6 Å². The summed E-state index contributed by atoms with van der Waals surface area (Å²) in [5.41, 5.74) is -1.49. The molecule has 1 aromatic rings. The van der Waals surface area contributed by atoms with Gasteiger partial charge in [0, 0.05) is 72.5 Å². The van der Waals surface area contributed by atoms with Gasteiger partial charge in [0.2, 0.25) is 0 Å². The first-order valence-electron chi connectivity index (χ1n) is 17.1. The highest BCUT2D eigenvalue weighted by molar-refractivity contribution is 6.09. The SMILES string of the molecule is COC1/C=C\OC2(C)Oc3c(C)c(O)c4c(c3C2=O)C(O)C(C=O)=C(NC(=O)/C(C)=C\C=C/C(C)C(O)C(C)C(O)C(C)C(OC(C)=O)C1C)C4O. The Hall–Kier alpha value is -4.34. The molecule has 1 amide bonds. The molecule has 52 heavy (non-hydrogen) atoms. The van der Waals surface area contributed by atoms with E-state index in [1.807, 2.05) is 0 Å². The number of carbonyl (C=O) groups excluding carboxylic acids is 4. The van der Waals surface area contributed by atoms with Crippen molar-refractivity contribution in [1.82, 2.24) is 5.32 Å². The predicted octanol–water partition coefficient (Wildman–Crippen LogP) is 2.90. The van der Waals surface area contributed by atoms with Crippen molar-refractivity contribution in [2.45, 2.75) is 97.8 Å². The summed E-state index contributed by atoms with van der Waals surface area (Å²) >= 11 is 0. The van der Waals surface area contributed by atoms with Crippen LogP contribution in [0.25, 0.3) is 0 Å². The second-order valence-corrected chi connectivity index (χ2v) is 14.0. The normalized spacial score (nSPS) is 36.5. The standard InChI is InChI=1S/C38H49NO13/c1-16-11-10-12-17(2)37(48)39-28-23(15-40)32(45)25-26(33(28)46)31(44)21(6)35-27(25)36(47)38(8,52-35)50-14-13-24(49-9)18(3)34(51-22(7)41)20(5)30(43)19(4)29(16)42/h10-16,18-20,24,29-30,32-34,42-46H,1-9H3,(H,39,48)/b11-10-,14-13-,17-12-. The van der Waals surface area contributed by atoms with Gasteiger partial charge in [-0.2, -0.15) is 0 Å². The molecule has 11 atom stereocenters. The summed E-state index contributed by atoms with van der Waals surface area (Å²) in [6.07, 6.45) is -0.168. The smallest absolute Gasteiger partial charge is 0.312 e. The van der Waals surface area contributed by atoms with Crippen molar-refractivity contribution in [2.24, 2.45) is 23.7 Å². The molecule has 284 valence electrons. The van der Waals surface area contributed by atoms with E-state index >= 15 is 0 Å². The molecule has 0 fully saturated rings. The summed E-state index contributed by atoms with van der Waals surface area (Å²) in [7, 11) is 1.41. The number of methoxy groups -OCH3 is 1. The third-order valence-electron chi connectivity index (χ3n) is 10.4. The fourth-order valence-electron chi connectivity index (χ4n) is 7.14. The number of aldehydes is 1. The lowest BCUT2D eigenvalue weighted by Crippen LogP contribution is -2.46. The average molecular weight is 728 g/mol. The topological polar surface area (TPSA) is 218 Å². The minimum atomic E-state index is -2.05. The lowest BCUT2D eigenvalue weighted by atomic mass is 9.78. The number of allylic oxidation sites excluding steroid dienone is 2. The number of hydrogen-bond donors (Lipinski definition) is 6. The molecule has 4 aliphatic rings. The van der Waals surface area contributed by atoms with Crippen LogP contribution >= 0.6 is 0 Å². The van der Waals surface area contributed by atoms with Crippen LogP contribution in [0.15, 0.2) is 47.4 Å². The lowest BCUT2D eigenvalue weighted by molar-refractivity contribution is -0.160. The van der Waals surface area contributed by atoms with Crippen LogP contribution < -0.4 is 10.1 Å². The Bertz CT molecular complexity index is 1730. The summed E-state index contributed by atoms with van der Waals surface area (Å²) in [5.74, 6) is -7.38. The van der Waals surface area contributed by atoms with E-state index in [9.17, 15) is 44.7 Å². The lowest BCUT2D eigenvalue weighted by Gasteiger charge is -2.38. The first-order valence-corrected chi connectivity index (χ1v) is 17.1. The van der Waals surface area contributed by atoms with Gasteiger partial charge in [0.25, 0.3) is 11.7 Å². The molecular formula is C38H49NO13. The number of phenolic OH excluding ortho intramolecular Hbond substituents is 1. The Morgan fingerprint density at radius 2 is 1.62 bits per heavy atom. The van der Waals surface area contributed by atoms with E-state index in [1.54, 1.807) is 33.8 Å². The first-order chi connectivity index (χ1) is 24.3. The van der Waals surface area contributed by atoms with E-state index in [-0.39, 0.29) is 45.6 Å². The van der Waals surface area contributed by atoms with Gasteiger partial charge < -0.3 is 49.8 Å².